The minimum atomic E-state index is 0.363. The molecule has 1 aromatic rings. The van der Waals surface area contributed by atoms with E-state index >= 15 is 0 Å². The molecule has 1 N–H and O–H groups in total. The van der Waals surface area contributed by atoms with Crippen molar-refractivity contribution in [2.75, 3.05) is 26.7 Å². The molecule has 4 nitrogen and oxygen atoms in total. The van der Waals surface area contributed by atoms with E-state index in [2.05, 4.69) is 35.2 Å². The van der Waals surface area contributed by atoms with Gasteiger partial charge < -0.3 is 10.2 Å². The summed E-state index contributed by atoms with van der Waals surface area (Å²) in [5.74, 6) is 0. The Kier molecular flexibility index (Phi) is 5.49. The molecule has 1 aromatic heterocycles. The van der Waals surface area contributed by atoms with Gasteiger partial charge in [-0.15, -0.1) is 0 Å². The quantitative estimate of drug-likeness (QED) is 0.760. The fourth-order valence-electron chi connectivity index (χ4n) is 1.91. The van der Waals surface area contributed by atoms with Crippen LogP contribution in [-0.4, -0.2) is 41.4 Å². The molecular formula is C12H24N4. The van der Waals surface area contributed by atoms with Gasteiger partial charge in [0.1, 0.15) is 0 Å². The lowest BCUT2D eigenvalue weighted by Gasteiger charge is -2.21. The predicted octanol–water partition coefficient (Wildman–Crippen LogP) is 1.41. The Morgan fingerprint density at radius 1 is 1.44 bits per heavy atom. The zero-order chi connectivity index (χ0) is 12.0. The normalized spacial score (nSPS) is 13.3. The van der Waals surface area contributed by atoms with Crippen LogP contribution in [0.5, 0.6) is 0 Å². The monoisotopic (exact) mass is 224 g/mol. The zero-order valence-corrected chi connectivity index (χ0v) is 10.9. The van der Waals surface area contributed by atoms with Crippen molar-refractivity contribution in [3.8, 4) is 0 Å². The molecule has 0 radical (unpaired) electrons. The summed E-state index contributed by atoms with van der Waals surface area (Å²) < 4.78 is 1.86. The summed E-state index contributed by atoms with van der Waals surface area (Å²) in [5, 5.41) is 7.78. The van der Waals surface area contributed by atoms with E-state index in [1.165, 1.54) is 0 Å². The molecule has 0 aromatic carbocycles. The molecule has 0 fully saturated rings. The summed E-state index contributed by atoms with van der Waals surface area (Å²) in [5.41, 5.74) is 1.14. The van der Waals surface area contributed by atoms with Gasteiger partial charge in [-0.05, 0) is 39.2 Å². The van der Waals surface area contributed by atoms with Crippen LogP contribution >= 0.6 is 0 Å². The Labute approximate surface area is 98.6 Å². The van der Waals surface area contributed by atoms with Crippen molar-refractivity contribution < 1.29 is 0 Å². The fraction of sp³-hybridized carbons (Fsp3) is 0.750. The maximum absolute atomic E-state index is 4.45. The molecule has 0 saturated carbocycles. The van der Waals surface area contributed by atoms with Gasteiger partial charge in [-0.3, -0.25) is 4.68 Å². The maximum Gasteiger partial charge on any atom is 0.0794 e. The number of nitrogens with one attached hydrogen (secondary N) is 1. The summed E-state index contributed by atoms with van der Waals surface area (Å²) in [4.78, 5) is 2.44. The zero-order valence-electron chi connectivity index (χ0n) is 10.9. The van der Waals surface area contributed by atoms with Gasteiger partial charge in [0.05, 0.1) is 11.7 Å². The molecule has 0 aliphatic heterocycles. The number of aromatic nitrogens is 2. The molecule has 92 valence electrons. The highest BCUT2D eigenvalue weighted by Crippen LogP contribution is 2.14. The van der Waals surface area contributed by atoms with Gasteiger partial charge in [-0.2, -0.15) is 5.10 Å². The van der Waals surface area contributed by atoms with Gasteiger partial charge in [0.25, 0.3) is 0 Å². The fourth-order valence-corrected chi connectivity index (χ4v) is 1.91. The van der Waals surface area contributed by atoms with E-state index in [4.69, 9.17) is 0 Å². The smallest absolute Gasteiger partial charge is 0.0794 e. The molecule has 1 atom stereocenters. The summed E-state index contributed by atoms with van der Waals surface area (Å²) >= 11 is 0. The maximum atomic E-state index is 4.45. The van der Waals surface area contributed by atoms with Crippen molar-refractivity contribution in [2.45, 2.75) is 26.3 Å². The van der Waals surface area contributed by atoms with Crippen LogP contribution in [0, 0.1) is 0 Å². The Hall–Kier alpha value is -0.870. The van der Waals surface area contributed by atoms with Crippen molar-refractivity contribution in [1.82, 2.24) is 20.0 Å². The first kappa shape index (κ1) is 13.2. The van der Waals surface area contributed by atoms with Gasteiger partial charge in [-0.25, -0.2) is 0 Å². The Balaban J connectivity index is 2.49. The lowest BCUT2D eigenvalue weighted by Crippen LogP contribution is -2.28. The lowest BCUT2D eigenvalue weighted by atomic mass is 10.1. The average Bonchev–Trinajstić information content (AvgIpc) is 2.71. The highest BCUT2D eigenvalue weighted by Gasteiger charge is 2.12. The summed E-state index contributed by atoms with van der Waals surface area (Å²) in [7, 11) is 3.96. The molecule has 16 heavy (non-hydrogen) atoms. The van der Waals surface area contributed by atoms with E-state index in [-0.39, 0.29) is 0 Å². The highest BCUT2D eigenvalue weighted by atomic mass is 15.3. The topological polar surface area (TPSA) is 33.1 Å². The number of hydrogen-bond donors (Lipinski definition) is 1. The van der Waals surface area contributed by atoms with Crippen LogP contribution in [0.1, 0.15) is 32.0 Å². The van der Waals surface area contributed by atoms with Crippen LogP contribution in [0.4, 0.5) is 0 Å². The van der Waals surface area contributed by atoms with Crippen LogP contribution in [0.15, 0.2) is 12.3 Å². The van der Waals surface area contributed by atoms with E-state index in [0.29, 0.717) is 6.04 Å². The van der Waals surface area contributed by atoms with E-state index in [1.54, 1.807) is 0 Å². The largest absolute Gasteiger partial charge is 0.312 e. The molecule has 0 aliphatic rings. The van der Waals surface area contributed by atoms with Gasteiger partial charge in [0, 0.05) is 13.2 Å². The van der Waals surface area contributed by atoms with Crippen LogP contribution < -0.4 is 5.32 Å². The molecule has 4 heteroatoms. The van der Waals surface area contributed by atoms with Crippen LogP contribution in [0.25, 0.3) is 0 Å². The molecule has 0 bridgehead atoms. The summed E-state index contributed by atoms with van der Waals surface area (Å²) in [6.07, 6.45) is 3.10. The van der Waals surface area contributed by atoms with Crippen molar-refractivity contribution in [3.05, 3.63) is 18.0 Å². The minimum Gasteiger partial charge on any atom is -0.312 e. The van der Waals surface area contributed by atoms with E-state index in [1.807, 2.05) is 25.0 Å². The summed E-state index contributed by atoms with van der Waals surface area (Å²) in [6.45, 7) is 7.77. The molecule has 0 spiro atoms. The van der Waals surface area contributed by atoms with Crippen molar-refractivity contribution in [1.29, 1.82) is 0 Å². The standard InChI is InChI=1S/C12H24N4/c1-5-16(6-2)10-8-11(13-3)12-7-9-15(4)14-12/h7,9,11,13H,5-6,8,10H2,1-4H3. The third-order valence-electron chi connectivity index (χ3n) is 3.07. The molecular weight excluding hydrogens is 200 g/mol. The number of hydrogen-bond acceptors (Lipinski definition) is 3. The van der Waals surface area contributed by atoms with Gasteiger partial charge in [0.2, 0.25) is 0 Å². The molecule has 0 aliphatic carbocycles. The summed E-state index contributed by atoms with van der Waals surface area (Å²) in [6, 6.07) is 2.45. The van der Waals surface area contributed by atoms with E-state index in [9.17, 15) is 0 Å². The Morgan fingerprint density at radius 3 is 2.56 bits per heavy atom. The molecule has 0 saturated heterocycles. The van der Waals surface area contributed by atoms with Crippen molar-refractivity contribution in [3.63, 3.8) is 0 Å². The van der Waals surface area contributed by atoms with Crippen LogP contribution in [0.2, 0.25) is 0 Å². The van der Waals surface area contributed by atoms with Gasteiger partial charge >= 0.3 is 0 Å². The molecule has 0 amide bonds. The minimum absolute atomic E-state index is 0.363. The van der Waals surface area contributed by atoms with E-state index in [0.717, 1.165) is 31.7 Å². The molecule has 1 unspecified atom stereocenters. The van der Waals surface area contributed by atoms with Gasteiger partial charge in [0.15, 0.2) is 0 Å². The second-order valence-corrected chi connectivity index (χ2v) is 4.07. The second-order valence-electron chi connectivity index (χ2n) is 4.07. The third-order valence-corrected chi connectivity index (χ3v) is 3.07. The Bertz CT molecular complexity index is 291. The highest BCUT2D eigenvalue weighted by molar-refractivity contribution is 5.05. The van der Waals surface area contributed by atoms with Crippen LogP contribution in [0.3, 0.4) is 0 Å². The second kappa shape index (κ2) is 6.66. The van der Waals surface area contributed by atoms with Gasteiger partial charge in [-0.1, -0.05) is 13.8 Å². The van der Waals surface area contributed by atoms with Crippen molar-refractivity contribution >= 4 is 0 Å². The first-order valence-electron chi connectivity index (χ1n) is 6.10. The number of aryl methyl sites for hydroxylation is 1. The molecule has 1 heterocycles. The molecule has 1 rings (SSSR count). The van der Waals surface area contributed by atoms with E-state index < -0.39 is 0 Å². The predicted molar refractivity (Wildman–Crippen MR) is 67.4 cm³/mol. The average molecular weight is 224 g/mol. The first-order chi connectivity index (χ1) is 7.71. The third kappa shape index (κ3) is 3.61. The Morgan fingerprint density at radius 2 is 2.12 bits per heavy atom. The number of rotatable bonds is 7. The first-order valence-corrected chi connectivity index (χ1v) is 6.10. The SMILES string of the molecule is CCN(CC)CCC(NC)c1ccn(C)n1. The number of nitrogens with zero attached hydrogens (tertiary/aromatic N) is 3. The van der Waals surface area contributed by atoms with Crippen LogP contribution in [-0.2, 0) is 7.05 Å². The van der Waals surface area contributed by atoms with Crippen molar-refractivity contribution in [2.24, 2.45) is 7.05 Å². The lowest BCUT2D eigenvalue weighted by molar-refractivity contribution is 0.283.